The van der Waals surface area contributed by atoms with E-state index in [-0.39, 0.29) is 6.03 Å². The van der Waals surface area contributed by atoms with Gasteiger partial charge in [0.2, 0.25) is 0 Å². The number of rotatable bonds is 6. The number of piperazine rings is 1. The summed E-state index contributed by atoms with van der Waals surface area (Å²) in [5.41, 5.74) is 0. The lowest BCUT2D eigenvalue weighted by atomic mass is 10.3. The fourth-order valence-electron chi connectivity index (χ4n) is 2.73. The van der Waals surface area contributed by atoms with Gasteiger partial charge in [-0.3, -0.25) is 0 Å². The molecule has 7 heteroatoms. The van der Waals surface area contributed by atoms with Gasteiger partial charge in [-0.15, -0.1) is 11.3 Å². The Morgan fingerprint density at radius 2 is 2.13 bits per heavy atom. The molecule has 1 aliphatic heterocycles. The van der Waals surface area contributed by atoms with Crippen LogP contribution in [0.5, 0.6) is 0 Å². The molecule has 0 atom stereocenters. The Morgan fingerprint density at radius 1 is 1.26 bits per heavy atom. The van der Waals surface area contributed by atoms with Crippen LogP contribution in [0.25, 0.3) is 0 Å². The number of amides is 2. The average Bonchev–Trinajstić information content (AvgIpc) is 3.28. The van der Waals surface area contributed by atoms with E-state index in [9.17, 15) is 4.79 Å². The molecule has 3 heterocycles. The smallest absolute Gasteiger partial charge is 0.317 e. The number of hydrogen-bond acceptors (Lipinski definition) is 4. The van der Waals surface area contributed by atoms with Crippen LogP contribution in [0, 0.1) is 0 Å². The highest BCUT2D eigenvalue weighted by atomic mass is 32.1. The van der Waals surface area contributed by atoms with Crippen molar-refractivity contribution in [3.63, 3.8) is 0 Å². The second kappa shape index (κ2) is 8.01. The molecule has 0 saturated carbocycles. The molecule has 0 unspecified atom stereocenters. The van der Waals surface area contributed by atoms with Gasteiger partial charge in [-0.05, 0) is 30.4 Å². The zero-order valence-corrected chi connectivity index (χ0v) is 14.0. The Hall–Kier alpha value is -2.02. The lowest BCUT2D eigenvalue weighted by Gasteiger charge is -2.35. The first-order chi connectivity index (χ1) is 11.3. The summed E-state index contributed by atoms with van der Waals surface area (Å²) in [6.45, 7) is 5.09. The van der Waals surface area contributed by atoms with Crippen molar-refractivity contribution in [2.75, 3.05) is 37.6 Å². The molecule has 1 fully saturated rings. The normalized spacial score (nSPS) is 15.0. The molecule has 124 valence electrons. The molecular weight excluding hydrogens is 310 g/mol. The third-order valence-electron chi connectivity index (χ3n) is 4.06. The van der Waals surface area contributed by atoms with E-state index in [0.29, 0.717) is 0 Å². The molecule has 2 aromatic rings. The van der Waals surface area contributed by atoms with Crippen LogP contribution in [-0.2, 0) is 6.54 Å². The molecular formula is C16H23N5OS. The van der Waals surface area contributed by atoms with E-state index in [2.05, 4.69) is 37.3 Å². The zero-order chi connectivity index (χ0) is 15.9. The van der Waals surface area contributed by atoms with Crippen molar-refractivity contribution in [1.29, 1.82) is 0 Å². The Balaban J connectivity index is 1.30. The number of thiophene rings is 1. The van der Waals surface area contributed by atoms with Gasteiger partial charge in [0.05, 0.1) is 11.3 Å². The van der Waals surface area contributed by atoms with Crippen molar-refractivity contribution in [2.45, 2.75) is 19.4 Å². The van der Waals surface area contributed by atoms with Crippen LogP contribution in [0.15, 0.2) is 36.2 Å². The minimum absolute atomic E-state index is 0.0680. The number of anilines is 1. The SMILES string of the molecule is O=C(NCCCCn1ccnc1)N1CCN(c2cccs2)CC1. The summed E-state index contributed by atoms with van der Waals surface area (Å²) < 4.78 is 2.06. The molecule has 0 aliphatic carbocycles. The fourth-order valence-corrected chi connectivity index (χ4v) is 3.51. The second-order valence-electron chi connectivity index (χ2n) is 5.66. The monoisotopic (exact) mass is 333 g/mol. The van der Waals surface area contributed by atoms with Crippen LogP contribution in [0.2, 0.25) is 0 Å². The molecule has 0 aromatic carbocycles. The van der Waals surface area contributed by atoms with Gasteiger partial charge in [0.25, 0.3) is 0 Å². The average molecular weight is 333 g/mol. The molecule has 0 radical (unpaired) electrons. The van der Waals surface area contributed by atoms with E-state index in [0.717, 1.165) is 52.1 Å². The molecule has 23 heavy (non-hydrogen) atoms. The lowest BCUT2D eigenvalue weighted by molar-refractivity contribution is 0.194. The number of aryl methyl sites for hydroxylation is 1. The predicted octanol–water partition coefficient (Wildman–Crippen LogP) is 2.26. The van der Waals surface area contributed by atoms with E-state index in [1.54, 1.807) is 17.5 Å². The summed E-state index contributed by atoms with van der Waals surface area (Å²) in [5, 5.41) is 6.42. The molecule has 2 aromatic heterocycles. The Labute approximate surface area is 140 Å². The maximum absolute atomic E-state index is 12.2. The Morgan fingerprint density at radius 3 is 2.83 bits per heavy atom. The molecule has 1 saturated heterocycles. The fraction of sp³-hybridized carbons (Fsp3) is 0.500. The molecule has 2 amide bonds. The zero-order valence-electron chi connectivity index (χ0n) is 13.2. The standard InChI is InChI=1S/C16H23N5OS/c22-16(18-5-1-2-7-19-8-6-17-14-19)21-11-9-20(10-12-21)15-4-3-13-23-15/h3-4,6,8,13-14H,1-2,5,7,9-12H2,(H,18,22). The van der Waals surface area contributed by atoms with E-state index in [4.69, 9.17) is 0 Å². The van der Waals surface area contributed by atoms with Gasteiger partial charge in [-0.25, -0.2) is 9.78 Å². The quantitative estimate of drug-likeness (QED) is 0.825. The molecule has 1 N–H and O–H groups in total. The number of hydrogen-bond donors (Lipinski definition) is 1. The highest BCUT2D eigenvalue weighted by molar-refractivity contribution is 7.14. The first-order valence-electron chi connectivity index (χ1n) is 8.10. The number of carbonyl (C=O) groups is 1. The van der Waals surface area contributed by atoms with Crippen molar-refractivity contribution in [3.8, 4) is 0 Å². The number of urea groups is 1. The van der Waals surface area contributed by atoms with Crippen molar-refractivity contribution in [3.05, 3.63) is 36.2 Å². The number of nitrogens with zero attached hydrogens (tertiary/aromatic N) is 4. The number of imidazole rings is 1. The van der Waals surface area contributed by atoms with Gasteiger partial charge >= 0.3 is 6.03 Å². The van der Waals surface area contributed by atoms with Gasteiger partial charge in [0.15, 0.2) is 0 Å². The van der Waals surface area contributed by atoms with Crippen molar-refractivity contribution < 1.29 is 4.79 Å². The third-order valence-corrected chi connectivity index (χ3v) is 4.99. The molecule has 6 nitrogen and oxygen atoms in total. The molecule has 1 aliphatic rings. The van der Waals surface area contributed by atoms with Crippen LogP contribution in [0.4, 0.5) is 9.80 Å². The van der Waals surface area contributed by atoms with Crippen LogP contribution in [-0.4, -0.2) is 53.2 Å². The first kappa shape index (κ1) is 15.9. The maximum atomic E-state index is 12.2. The third kappa shape index (κ3) is 4.48. The van der Waals surface area contributed by atoms with Gasteiger partial charge in [0, 0.05) is 51.7 Å². The molecule has 0 bridgehead atoms. The predicted molar refractivity (Wildman–Crippen MR) is 93.0 cm³/mol. The van der Waals surface area contributed by atoms with Crippen LogP contribution in [0.3, 0.4) is 0 Å². The number of carbonyl (C=O) groups excluding carboxylic acids is 1. The maximum Gasteiger partial charge on any atom is 0.317 e. The number of nitrogens with one attached hydrogen (secondary N) is 1. The Bertz CT molecular complexity index is 576. The van der Waals surface area contributed by atoms with Crippen LogP contribution >= 0.6 is 11.3 Å². The molecule has 0 spiro atoms. The van der Waals surface area contributed by atoms with Gasteiger partial charge in [0.1, 0.15) is 0 Å². The second-order valence-corrected chi connectivity index (χ2v) is 6.59. The van der Waals surface area contributed by atoms with E-state index < -0.39 is 0 Å². The summed E-state index contributed by atoms with van der Waals surface area (Å²) in [6, 6.07) is 4.28. The Kier molecular flexibility index (Phi) is 5.52. The van der Waals surface area contributed by atoms with Crippen molar-refractivity contribution in [1.82, 2.24) is 19.8 Å². The summed E-state index contributed by atoms with van der Waals surface area (Å²) in [4.78, 5) is 20.4. The first-order valence-corrected chi connectivity index (χ1v) is 8.98. The van der Waals surface area contributed by atoms with Crippen molar-refractivity contribution >= 4 is 22.4 Å². The molecule has 3 rings (SSSR count). The highest BCUT2D eigenvalue weighted by Crippen LogP contribution is 2.22. The van der Waals surface area contributed by atoms with E-state index in [1.165, 1.54) is 5.00 Å². The number of unbranched alkanes of at least 4 members (excludes halogenated alkanes) is 1. The van der Waals surface area contributed by atoms with Crippen molar-refractivity contribution in [2.24, 2.45) is 0 Å². The van der Waals surface area contributed by atoms with Gasteiger partial charge in [-0.1, -0.05) is 0 Å². The minimum atomic E-state index is 0.0680. The van der Waals surface area contributed by atoms with Gasteiger partial charge in [-0.2, -0.15) is 0 Å². The topological polar surface area (TPSA) is 53.4 Å². The van der Waals surface area contributed by atoms with E-state index in [1.807, 2.05) is 17.4 Å². The highest BCUT2D eigenvalue weighted by Gasteiger charge is 2.21. The summed E-state index contributed by atoms with van der Waals surface area (Å²) >= 11 is 1.76. The minimum Gasteiger partial charge on any atom is -0.360 e. The number of aromatic nitrogens is 2. The summed E-state index contributed by atoms with van der Waals surface area (Å²) in [7, 11) is 0. The van der Waals surface area contributed by atoms with Gasteiger partial charge < -0.3 is 19.7 Å². The summed E-state index contributed by atoms with van der Waals surface area (Å²) in [6.07, 6.45) is 7.61. The lowest BCUT2D eigenvalue weighted by Crippen LogP contribution is -2.51. The summed E-state index contributed by atoms with van der Waals surface area (Å²) in [5.74, 6) is 0. The largest absolute Gasteiger partial charge is 0.360 e. The van der Waals surface area contributed by atoms with Crippen LogP contribution < -0.4 is 10.2 Å². The van der Waals surface area contributed by atoms with E-state index >= 15 is 0 Å². The van der Waals surface area contributed by atoms with Crippen LogP contribution in [0.1, 0.15) is 12.8 Å².